The Morgan fingerprint density at radius 2 is 2.20 bits per heavy atom. The average Bonchev–Trinajstić information content (AvgIpc) is 2.27. The summed E-state index contributed by atoms with van der Waals surface area (Å²) >= 11 is 0. The van der Waals surface area contributed by atoms with E-state index < -0.39 is 0 Å². The third-order valence-corrected chi connectivity index (χ3v) is 2.67. The van der Waals surface area contributed by atoms with Crippen molar-refractivity contribution in [2.24, 2.45) is 5.73 Å². The number of carbonyl (C=O) groups excluding carboxylic acids is 1. The molecule has 1 aliphatic rings. The van der Waals surface area contributed by atoms with Gasteiger partial charge in [0.05, 0.1) is 6.54 Å². The van der Waals surface area contributed by atoms with Crippen LogP contribution in [-0.2, 0) is 9.53 Å². The van der Waals surface area contributed by atoms with Gasteiger partial charge in [-0.1, -0.05) is 0 Å². The quantitative estimate of drug-likeness (QED) is 0.628. The lowest BCUT2D eigenvalue weighted by Crippen LogP contribution is -2.43. The van der Waals surface area contributed by atoms with Gasteiger partial charge in [0.1, 0.15) is 0 Å². The van der Waals surface area contributed by atoms with Crippen molar-refractivity contribution in [3.63, 3.8) is 0 Å². The highest BCUT2D eigenvalue weighted by molar-refractivity contribution is 5.77. The Balaban J connectivity index is 2.21. The minimum Gasteiger partial charge on any atom is -0.381 e. The van der Waals surface area contributed by atoms with Gasteiger partial charge in [0.2, 0.25) is 5.91 Å². The van der Waals surface area contributed by atoms with Gasteiger partial charge in [-0.2, -0.15) is 0 Å². The van der Waals surface area contributed by atoms with Crippen LogP contribution in [0.4, 0.5) is 0 Å². The molecule has 1 saturated heterocycles. The first-order valence-electron chi connectivity index (χ1n) is 5.48. The van der Waals surface area contributed by atoms with Crippen LogP contribution >= 0.6 is 0 Å². The van der Waals surface area contributed by atoms with E-state index in [0.717, 1.165) is 26.1 Å². The molecule has 1 fully saturated rings. The molecule has 88 valence electrons. The molecule has 1 heterocycles. The fraction of sp³-hybridized carbons (Fsp3) is 0.900. The Morgan fingerprint density at radius 1 is 1.53 bits per heavy atom. The van der Waals surface area contributed by atoms with Gasteiger partial charge >= 0.3 is 0 Å². The summed E-state index contributed by atoms with van der Waals surface area (Å²) in [6.45, 7) is 3.11. The average molecular weight is 215 g/mol. The lowest BCUT2D eigenvalue weighted by Gasteiger charge is -2.30. The molecular formula is C10H21N3O2. The van der Waals surface area contributed by atoms with Gasteiger partial charge in [0.15, 0.2) is 0 Å². The predicted octanol–water partition coefficient (Wildman–Crippen LogP) is -0.828. The second-order valence-corrected chi connectivity index (χ2v) is 3.90. The first-order valence-corrected chi connectivity index (χ1v) is 5.48. The van der Waals surface area contributed by atoms with Gasteiger partial charge in [-0.3, -0.25) is 9.69 Å². The monoisotopic (exact) mass is 215 g/mol. The van der Waals surface area contributed by atoms with Crippen LogP contribution in [0.3, 0.4) is 0 Å². The highest BCUT2D eigenvalue weighted by Gasteiger charge is 2.19. The number of amides is 1. The van der Waals surface area contributed by atoms with Crippen LogP contribution in [0.1, 0.15) is 12.8 Å². The third-order valence-electron chi connectivity index (χ3n) is 2.67. The molecule has 0 aromatic heterocycles. The van der Waals surface area contributed by atoms with E-state index in [1.165, 1.54) is 0 Å². The number of nitrogens with one attached hydrogen (secondary N) is 1. The lowest BCUT2D eigenvalue weighted by atomic mass is 10.1. The van der Waals surface area contributed by atoms with Gasteiger partial charge in [-0.15, -0.1) is 0 Å². The fourth-order valence-electron chi connectivity index (χ4n) is 1.75. The van der Waals surface area contributed by atoms with Crippen LogP contribution in [0.25, 0.3) is 0 Å². The summed E-state index contributed by atoms with van der Waals surface area (Å²) < 4.78 is 5.28. The summed E-state index contributed by atoms with van der Waals surface area (Å²) in [5, 5.41) is 2.77. The minimum absolute atomic E-state index is 0.0504. The summed E-state index contributed by atoms with van der Waals surface area (Å²) in [4.78, 5) is 13.5. The number of hydrogen-bond donors (Lipinski definition) is 2. The number of hydrogen-bond acceptors (Lipinski definition) is 4. The van der Waals surface area contributed by atoms with Crippen LogP contribution in [0.5, 0.6) is 0 Å². The van der Waals surface area contributed by atoms with Crippen LogP contribution in [0, 0.1) is 0 Å². The van der Waals surface area contributed by atoms with E-state index in [4.69, 9.17) is 10.5 Å². The predicted molar refractivity (Wildman–Crippen MR) is 58.5 cm³/mol. The summed E-state index contributed by atoms with van der Waals surface area (Å²) in [5.74, 6) is 0.0504. The minimum atomic E-state index is 0.0504. The second-order valence-electron chi connectivity index (χ2n) is 3.90. The highest BCUT2D eigenvalue weighted by atomic mass is 16.5. The first kappa shape index (κ1) is 12.4. The third kappa shape index (κ3) is 4.59. The topological polar surface area (TPSA) is 67.6 Å². The molecule has 1 aliphatic heterocycles. The van der Waals surface area contributed by atoms with Crippen LogP contribution in [0.2, 0.25) is 0 Å². The smallest absolute Gasteiger partial charge is 0.234 e. The molecular weight excluding hydrogens is 194 g/mol. The van der Waals surface area contributed by atoms with Crippen molar-refractivity contribution >= 4 is 5.91 Å². The van der Waals surface area contributed by atoms with Crippen LogP contribution in [-0.4, -0.2) is 56.7 Å². The molecule has 0 spiro atoms. The zero-order valence-corrected chi connectivity index (χ0v) is 9.37. The van der Waals surface area contributed by atoms with E-state index in [2.05, 4.69) is 10.2 Å². The maximum absolute atomic E-state index is 11.4. The Morgan fingerprint density at radius 3 is 2.80 bits per heavy atom. The van der Waals surface area contributed by atoms with Crippen molar-refractivity contribution in [2.75, 3.05) is 39.9 Å². The first-order chi connectivity index (χ1) is 7.24. The number of ether oxygens (including phenoxy) is 1. The second kappa shape index (κ2) is 6.76. The maximum atomic E-state index is 11.4. The van der Waals surface area contributed by atoms with Crippen LogP contribution < -0.4 is 11.1 Å². The Kier molecular flexibility index (Phi) is 5.60. The van der Waals surface area contributed by atoms with E-state index in [-0.39, 0.29) is 5.91 Å². The Hall–Kier alpha value is -0.650. The Bertz CT molecular complexity index is 193. The summed E-state index contributed by atoms with van der Waals surface area (Å²) in [7, 11) is 1.98. The van der Waals surface area contributed by atoms with Crippen molar-refractivity contribution in [3.8, 4) is 0 Å². The molecule has 0 aromatic rings. The lowest BCUT2D eigenvalue weighted by molar-refractivity contribution is -0.122. The van der Waals surface area contributed by atoms with Gasteiger partial charge in [0, 0.05) is 32.3 Å². The van der Waals surface area contributed by atoms with E-state index in [1.54, 1.807) is 0 Å². The Labute approximate surface area is 90.9 Å². The molecule has 0 aromatic carbocycles. The van der Waals surface area contributed by atoms with Gasteiger partial charge in [-0.25, -0.2) is 0 Å². The summed E-state index contributed by atoms with van der Waals surface area (Å²) in [5.41, 5.74) is 5.31. The number of likely N-dealkylation sites (N-methyl/N-ethyl adjacent to an activating group) is 1. The molecule has 1 amide bonds. The molecule has 15 heavy (non-hydrogen) atoms. The number of nitrogens with two attached hydrogens (primary N) is 1. The maximum Gasteiger partial charge on any atom is 0.234 e. The molecule has 0 saturated carbocycles. The molecule has 0 bridgehead atoms. The van der Waals surface area contributed by atoms with Crippen molar-refractivity contribution in [1.29, 1.82) is 0 Å². The summed E-state index contributed by atoms with van der Waals surface area (Å²) in [6, 6.07) is 0.474. The molecule has 1 rings (SSSR count). The van der Waals surface area contributed by atoms with Crippen molar-refractivity contribution < 1.29 is 9.53 Å². The zero-order chi connectivity index (χ0) is 11.1. The molecule has 5 heteroatoms. The molecule has 0 atom stereocenters. The van der Waals surface area contributed by atoms with Crippen LogP contribution in [0.15, 0.2) is 0 Å². The molecule has 0 unspecified atom stereocenters. The highest BCUT2D eigenvalue weighted by Crippen LogP contribution is 2.11. The molecule has 0 radical (unpaired) electrons. The van der Waals surface area contributed by atoms with Gasteiger partial charge in [0.25, 0.3) is 0 Å². The summed E-state index contributed by atoms with van der Waals surface area (Å²) in [6.07, 6.45) is 2.03. The van der Waals surface area contributed by atoms with E-state index >= 15 is 0 Å². The largest absolute Gasteiger partial charge is 0.381 e. The zero-order valence-electron chi connectivity index (χ0n) is 9.37. The molecule has 5 nitrogen and oxygen atoms in total. The van der Waals surface area contributed by atoms with E-state index in [0.29, 0.717) is 25.7 Å². The standard InChI is InChI=1S/C10H21N3O2/c1-13(8-10(14)12-5-4-11)9-2-6-15-7-3-9/h9H,2-8,11H2,1H3,(H,12,14). The van der Waals surface area contributed by atoms with Gasteiger partial charge < -0.3 is 15.8 Å². The van der Waals surface area contributed by atoms with Crippen molar-refractivity contribution in [3.05, 3.63) is 0 Å². The van der Waals surface area contributed by atoms with E-state index in [9.17, 15) is 4.79 Å². The van der Waals surface area contributed by atoms with E-state index in [1.807, 2.05) is 7.05 Å². The van der Waals surface area contributed by atoms with Crippen molar-refractivity contribution in [1.82, 2.24) is 10.2 Å². The van der Waals surface area contributed by atoms with Gasteiger partial charge in [-0.05, 0) is 19.9 Å². The number of carbonyl (C=O) groups is 1. The molecule has 3 N–H and O–H groups in total. The van der Waals surface area contributed by atoms with Crippen molar-refractivity contribution in [2.45, 2.75) is 18.9 Å². The fourth-order valence-corrected chi connectivity index (χ4v) is 1.75. The SMILES string of the molecule is CN(CC(=O)NCCN)C1CCOCC1. The number of nitrogens with zero attached hydrogens (tertiary/aromatic N) is 1. The normalized spacial score (nSPS) is 18.1. The number of rotatable bonds is 5. The molecule has 0 aliphatic carbocycles.